The monoisotopic (exact) mass is 317 g/mol. The molecular weight excluding hydrogens is 302 g/mol. The second-order valence-corrected chi connectivity index (χ2v) is 7.40. The van der Waals surface area contributed by atoms with Crippen molar-refractivity contribution >= 4 is 27.6 Å². The van der Waals surface area contributed by atoms with Gasteiger partial charge < -0.3 is 5.11 Å². The van der Waals surface area contributed by atoms with Crippen molar-refractivity contribution in [1.82, 2.24) is 4.31 Å². The number of piperidine rings is 1. The van der Waals surface area contributed by atoms with Gasteiger partial charge in [0.2, 0.25) is 10.0 Å². The van der Waals surface area contributed by atoms with E-state index < -0.39 is 16.0 Å². The molecule has 2 rings (SSSR count). The molecule has 1 N–H and O–H groups in total. The van der Waals surface area contributed by atoms with Gasteiger partial charge >= 0.3 is 5.97 Å². The largest absolute Gasteiger partial charge is 0.478 e. The number of aromatic carboxylic acids is 1. The summed E-state index contributed by atoms with van der Waals surface area (Å²) in [4.78, 5) is 10.9. The zero-order chi connectivity index (χ0) is 14.9. The maximum absolute atomic E-state index is 12.5. The van der Waals surface area contributed by atoms with Crippen LogP contribution in [0.25, 0.3) is 0 Å². The smallest absolute Gasteiger partial charge is 0.337 e. The molecule has 1 atom stereocenters. The van der Waals surface area contributed by atoms with Gasteiger partial charge in [-0.1, -0.05) is 18.5 Å². The highest BCUT2D eigenvalue weighted by Gasteiger charge is 2.29. The van der Waals surface area contributed by atoms with E-state index in [2.05, 4.69) is 0 Å². The minimum atomic E-state index is -3.60. The van der Waals surface area contributed by atoms with Crippen LogP contribution in [-0.4, -0.2) is 36.9 Å². The summed E-state index contributed by atoms with van der Waals surface area (Å²) in [6.45, 7) is 2.99. The minimum absolute atomic E-state index is 0.0431. The first kappa shape index (κ1) is 15.3. The fraction of sp³-hybridized carbons (Fsp3) is 0.462. The molecule has 1 aliphatic heterocycles. The van der Waals surface area contributed by atoms with Crippen molar-refractivity contribution in [1.29, 1.82) is 0 Å². The molecule has 0 amide bonds. The Morgan fingerprint density at radius 2 is 2.15 bits per heavy atom. The first-order valence-electron chi connectivity index (χ1n) is 6.35. The number of nitrogens with zero attached hydrogens (tertiary/aromatic N) is 1. The van der Waals surface area contributed by atoms with E-state index in [1.54, 1.807) is 0 Å². The van der Waals surface area contributed by atoms with Crippen molar-refractivity contribution in [3.8, 4) is 0 Å². The Morgan fingerprint density at radius 1 is 1.45 bits per heavy atom. The lowest BCUT2D eigenvalue weighted by molar-refractivity contribution is 0.0697. The Morgan fingerprint density at radius 3 is 2.70 bits per heavy atom. The SMILES string of the molecule is CC1CCCN(S(=O)(=O)c2ccc(C(=O)O)c(Cl)c2)C1. The Labute approximate surface area is 123 Å². The van der Waals surface area contributed by atoms with Gasteiger partial charge in [-0.2, -0.15) is 4.31 Å². The molecule has 1 fully saturated rings. The van der Waals surface area contributed by atoms with E-state index in [1.807, 2.05) is 6.92 Å². The molecule has 1 aromatic carbocycles. The van der Waals surface area contributed by atoms with Gasteiger partial charge in [0.1, 0.15) is 0 Å². The van der Waals surface area contributed by atoms with Crippen molar-refractivity contribution in [2.45, 2.75) is 24.7 Å². The van der Waals surface area contributed by atoms with Crippen LogP contribution in [0, 0.1) is 5.92 Å². The Hall–Kier alpha value is -1.11. The van der Waals surface area contributed by atoms with E-state index in [1.165, 1.54) is 22.5 Å². The highest BCUT2D eigenvalue weighted by atomic mass is 35.5. The predicted molar refractivity (Wildman–Crippen MR) is 75.6 cm³/mol. The standard InChI is InChI=1S/C13H16ClNO4S/c1-9-3-2-6-15(8-9)20(18,19)10-4-5-11(13(16)17)12(14)7-10/h4-5,7,9H,2-3,6,8H2,1H3,(H,16,17). The van der Waals surface area contributed by atoms with Gasteiger partial charge in [0.15, 0.2) is 0 Å². The maximum Gasteiger partial charge on any atom is 0.337 e. The number of halogens is 1. The molecule has 0 aromatic heterocycles. The molecule has 0 saturated carbocycles. The number of carboxylic acid groups (broad SMARTS) is 1. The molecule has 5 nitrogen and oxygen atoms in total. The molecular formula is C13H16ClNO4S. The maximum atomic E-state index is 12.5. The van der Waals surface area contributed by atoms with Crippen LogP contribution in [0.15, 0.2) is 23.1 Å². The average Bonchev–Trinajstić information content (AvgIpc) is 2.38. The number of carboxylic acids is 1. The van der Waals surface area contributed by atoms with Crippen molar-refractivity contribution in [3.05, 3.63) is 28.8 Å². The van der Waals surface area contributed by atoms with E-state index in [9.17, 15) is 13.2 Å². The molecule has 20 heavy (non-hydrogen) atoms. The lowest BCUT2D eigenvalue weighted by Crippen LogP contribution is -2.39. The van der Waals surface area contributed by atoms with E-state index in [0.717, 1.165) is 12.8 Å². The van der Waals surface area contributed by atoms with Gasteiger partial charge in [0, 0.05) is 13.1 Å². The van der Waals surface area contributed by atoms with Gasteiger partial charge in [0.25, 0.3) is 0 Å². The van der Waals surface area contributed by atoms with Crippen LogP contribution in [0.5, 0.6) is 0 Å². The second-order valence-electron chi connectivity index (χ2n) is 5.06. The summed E-state index contributed by atoms with van der Waals surface area (Å²) in [7, 11) is -3.60. The van der Waals surface area contributed by atoms with E-state index in [4.69, 9.17) is 16.7 Å². The molecule has 1 unspecified atom stereocenters. The summed E-state index contributed by atoms with van der Waals surface area (Å²) in [6, 6.07) is 3.73. The van der Waals surface area contributed by atoms with Crippen molar-refractivity contribution in [3.63, 3.8) is 0 Å². The topological polar surface area (TPSA) is 74.7 Å². The molecule has 0 bridgehead atoms. The first-order valence-corrected chi connectivity index (χ1v) is 8.17. The van der Waals surface area contributed by atoms with Crippen molar-refractivity contribution in [2.24, 2.45) is 5.92 Å². The van der Waals surface area contributed by atoms with Crippen LogP contribution in [0.2, 0.25) is 5.02 Å². The molecule has 1 saturated heterocycles. The molecule has 1 aliphatic rings. The molecule has 7 heteroatoms. The molecule has 1 heterocycles. The number of benzene rings is 1. The lowest BCUT2D eigenvalue weighted by atomic mass is 10.0. The number of hydrogen-bond acceptors (Lipinski definition) is 3. The van der Waals surface area contributed by atoms with Crippen LogP contribution < -0.4 is 0 Å². The van der Waals surface area contributed by atoms with Gasteiger partial charge in [-0.15, -0.1) is 0 Å². The summed E-state index contributed by atoms with van der Waals surface area (Å²) in [5.41, 5.74) is -0.0994. The third-order valence-electron chi connectivity index (χ3n) is 3.43. The minimum Gasteiger partial charge on any atom is -0.478 e. The third-order valence-corrected chi connectivity index (χ3v) is 5.60. The van der Waals surface area contributed by atoms with Gasteiger partial charge in [0.05, 0.1) is 15.5 Å². The van der Waals surface area contributed by atoms with E-state index in [0.29, 0.717) is 19.0 Å². The van der Waals surface area contributed by atoms with Crippen LogP contribution in [0.4, 0.5) is 0 Å². The molecule has 0 spiro atoms. The zero-order valence-electron chi connectivity index (χ0n) is 11.0. The summed E-state index contributed by atoms with van der Waals surface area (Å²) in [6.07, 6.45) is 1.85. The molecule has 0 radical (unpaired) electrons. The normalized spacial score (nSPS) is 20.8. The summed E-state index contributed by atoms with van der Waals surface area (Å²) in [5.74, 6) is -0.849. The van der Waals surface area contributed by atoms with Crippen LogP contribution in [-0.2, 0) is 10.0 Å². The first-order chi connectivity index (χ1) is 9.32. The molecule has 1 aromatic rings. The van der Waals surface area contributed by atoms with Gasteiger partial charge in [-0.25, -0.2) is 13.2 Å². The molecule has 110 valence electrons. The van der Waals surface area contributed by atoms with Gasteiger partial charge in [-0.3, -0.25) is 0 Å². The zero-order valence-corrected chi connectivity index (χ0v) is 12.6. The number of hydrogen-bond donors (Lipinski definition) is 1. The Bertz CT molecular complexity index is 629. The van der Waals surface area contributed by atoms with Crippen LogP contribution >= 0.6 is 11.6 Å². The van der Waals surface area contributed by atoms with Crippen LogP contribution in [0.3, 0.4) is 0 Å². The Kier molecular flexibility index (Phi) is 4.36. The quantitative estimate of drug-likeness (QED) is 0.929. The fourth-order valence-corrected chi connectivity index (χ4v) is 4.29. The average molecular weight is 318 g/mol. The second kappa shape index (κ2) is 5.71. The third kappa shape index (κ3) is 2.97. The fourth-order valence-electron chi connectivity index (χ4n) is 2.34. The summed E-state index contributed by atoms with van der Waals surface area (Å²) < 4.78 is 26.4. The summed E-state index contributed by atoms with van der Waals surface area (Å²) >= 11 is 5.83. The van der Waals surface area contributed by atoms with E-state index in [-0.39, 0.29) is 15.5 Å². The van der Waals surface area contributed by atoms with Crippen molar-refractivity contribution in [2.75, 3.05) is 13.1 Å². The highest BCUT2D eigenvalue weighted by Crippen LogP contribution is 2.26. The highest BCUT2D eigenvalue weighted by molar-refractivity contribution is 7.89. The number of sulfonamides is 1. The van der Waals surface area contributed by atoms with Gasteiger partial charge in [-0.05, 0) is 37.0 Å². The molecule has 0 aliphatic carbocycles. The predicted octanol–water partition coefficient (Wildman–Crippen LogP) is 2.46. The number of rotatable bonds is 3. The summed E-state index contributed by atoms with van der Waals surface area (Å²) in [5, 5.41) is 8.83. The number of carbonyl (C=O) groups is 1. The lowest BCUT2D eigenvalue weighted by Gasteiger charge is -2.30. The van der Waals surface area contributed by atoms with Crippen LogP contribution in [0.1, 0.15) is 30.1 Å². The van der Waals surface area contributed by atoms with E-state index >= 15 is 0 Å². The Balaban J connectivity index is 2.34. The van der Waals surface area contributed by atoms with Crippen molar-refractivity contribution < 1.29 is 18.3 Å².